The first kappa shape index (κ1) is 18.0. The first-order valence-electron chi connectivity index (χ1n) is 9.54. The Morgan fingerprint density at radius 3 is 2.64 bits per heavy atom. The smallest absolute Gasteiger partial charge is 0.123 e. The van der Waals surface area contributed by atoms with Gasteiger partial charge in [0.2, 0.25) is 0 Å². The van der Waals surface area contributed by atoms with Crippen LogP contribution in [0, 0.1) is 6.92 Å². The summed E-state index contributed by atoms with van der Waals surface area (Å²) in [6.45, 7) is 9.84. The Labute approximate surface area is 152 Å². The second-order valence-electron chi connectivity index (χ2n) is 8.01. The Hall–Kier alpha value is -1.80. The third kappa shape index (κ3) is 4.64. The predicted molar refractivity (Wildman–Crippen MR) is 105 cm³/mol. The van der Waals surface area contributed by atoms with Crippen molar-refractivity contribution in [3.8, 4) is 5.75 Å². The predicted octanol–water partition coefficient (Wildman–Crippen LogP) is 5.25. The van der Waals surface area contributed by atoms with E-state index in [0.29, 0.717) is 12.0 Å². The molecule has 1 heterocycles. The summed E-state index contributed by atoms with van der Waals surface area (Å²) in [4.78, 5) is 0. The zero-order chi connectivity index (χ0) is 17.9. The molecular formula is C23H31NO. The maximum absolute atomic E-state index is 6.21. The number of fused-ring (bicyclic) bond motifs is 1. The lowest BCUT2D eigenvalue weighted by molar-refractivity contribution is 0.0712. The minimum absolute atomic E-state index is 0.101. The largest absolute Gasteiger partial charge is 0.488 e. The average Bonchev–Trinajstić information content (AvgIpc) is 2.59. The quantitative estimate of drug-likeness (QED) is 0.777. The summed E-state index contributed by atoms with van der Waals surface area (Å²) >= 11 is 0. The highest BCUT2D eigenvalue weighted by Gasteiger charge is 2.33. The second-order valence-corrected chi connectivity index (χ2v) is 8.01. The Morgan fingerprint density at radius 2 is 1.92 bits per heavy atom. The first-order valence-corrected chi connectivity index (χ1v) is 9.54. The summed E-state index contributed by atoms with van der Waals surface area (Å²) in [7, 11) is 0. The van der Waals surface area contributed by atoms with Gasteiger partial charge in [-0.3, -0.25) is 0 Å². The number of hydrogen-bond donors (Lipinski definition) is 1. The van der Waals surface area contributed by atoms with Gasteiger partial charge in [0.25, 0.3) is 0 Å². The number of hydrogen-bond acceptors (Lipinski definition) is 2. The maximum atomic E-state index is 6.21. The first-order chi connectivity index (χ1) is 12.0. The van der Waals surface area contributed by atoms with Crippen LogP contribution >= 0.6 is 0 Å². The molecule has 2 aromatic carbocycles. The Morgan fingerprint density at radius 1 is 1.16 bits per heavy atom. The van der Waals surface area contributed by atoms with Crippen molar-refractivity contribution >= 4 is 0 Å². The maximum Gasteiger partial charge on any atom is 0.123 e. The fourth-order valence-electron chi connectivity index (χ4n) is 3.87. The van der Waals surface area contributed by atoms with E-state index in [1.807, 2.05) is 0 Å². The van der Waals surface area contributed by atoms with Crippen LogP contribution in [0.25, 0.3) is 0 Å². The molecule has 0 saturated heterocycles. The van der Waals surface area contributed by atoms with Crippen LogP contribution in [-0.2, 0) is 6.42 Å². The Kier molecular flexibility index (Phi) is 5.48. The Bertz CT molecular complexity index is 692. The number of ether oxygens (including phenoxy) is 1. The van der Waals surface area contributed by atoms with E-state index in [-0.39, 0.29) is 5.60 Å². The summed E-state index contributed by atoms with van der Waals surface area (Å²) in [5.74, 6) is 1.56. The molecule has 25 heavy (non-hydrogen) atoms. The normalized spacial score (nSPS) is 19.8. The summed E-state index contributed by atoms with van der Waals surface area (Å²) in [6, 6.07) is 17.9. The van der Waals surface area contributed by atoms with Crippen LogP contribution in [0.4, 0.5) is 0 Å². The van der Waals surface area contributed by atoms with Gasteiger partial charge in [0.15, 0.2) is 0 Å². The molecule has 0 bridgehead atoms. The van der Waals surface area contributed by atoms with Crippen molar-refractivity contribution in [1.29, 1.82) is 0 Å². The molecule has 0 saturated carbocycles. The molecule has 3 rings (SSSR count). The fourth-order valence-corrected chi connectivity index (χ4v) is 3.87. The molecule has 2 unspecified atom stereocenters. The molecule has 2 nitrogen and oxygen atoms in total. The monoisotopic (exact) mass is 337 g/mol. The van der Waals surface area contributed by atoms with Crippen LogP contribution < -0.4 is 10.1 Å². The standard InChI is InChI=1S/C23H31NO/c1-5-20(14-18-9-7-6-8-10-18)24-16-19-15-23(3,4)25-22-12-11-17(2)13-21(19)22/h6-13,19-20,24H,5,14-16H2,1-4H3. The summed E-state index contributed by atoms with van der Waals surface area (Å²) in [5, 5.41) is 3.83. The molecule has 2 heteroatoms. The van der Waals surface area contributed by atoms with E-state index >= 15 is 0 Å². The lowest BCUT2D eigenvalue weighted by Gasteiger charge is -2.38. The van der Waals surface area contributed by atoms with Gasteiger partial charge >= 0.3 is 0 Å². The highest BCUT2D eigenvalue weighted by atomic mass is 16.5. The molecule has 0 fully saturated rings. The van der Waals surface area contributed by atoms with Crippen molar-refractivity contribution in [1.82, 2.24) is 5.32 Å². The zero-order valence-corrected chi connectivity index (χ0v) is 16.0. The third-order valence-corrected chi connectivity index (χ3v) is 5.20. The molecule has 0 radical (unpaired) electrons. The molecule has 0 aliphatic carbocycles. The van der Waals surface area contributed by atoms with Crippen LogP contribution in [0.15, 0.2) is 48.5 Å². The van der Waals surface area contributed by atoms with E-state index in [9.17, 15) is 0 Å². The summed E-state index contributed by atoms with van der Waals surface area (Å²) < 4.78 is 6.21. The van der Waals surface area contributed by atoms with Crippen molar-refractivity contribution < 1.29 is 4.74 Å². The zero-order valence-electron chi connectivity index (χ0n) is 16.0. The van der Waals surface area contributed by atoms with Gasteiger partial charge in [-0.05, 0) is 57.2 Å². The molecule has 0 amide bonds. The van der Waals surface area contributed by atoms with Crippen LogP contribution in [0.5, 0.6) is 5.75 Å². The van der Waals surface area contributed by atoms with Crippen molar-refractivity contribution in [3.63, 3.8) is 0 Å². The SMILES string of the molecule is CCC(Cc1ccccc1)NCC1CC(C)(C)Oc2ccc(C)cc21. The van der Waals surface area contributed by atoms with E-state index in [1.165, 1.54) is 16.7 Å². The Balaban J connectivity index is 1.70. The van der Waals surface area contributed by atoms with Gasteiger partial charge in [-0.25, -0.2) is 0 Å². The molecule has 0 aromatic heterocycles. The topological polar surface area (TPSA) is 21.3 Å². The highest BCUT2D eigenvalue weighted by molar-refractivity contribution is 5.42. The fraction of sp³-hybridized carbons (Fsp3) is 0.478. The number of nitrogens with one attached hydrogen (secondary N) is 1. The van der Waals surface area contributed by atoms with Crippen LogP contribution in [-0.4, -0.2) is 18.2 Å². The number of aryl methyl sites for hydroxylation is 1. The van der Waals surface area contributed by atoms with Gasteiger partial charge in [-0.1, -0.05) is 55.0 Å². The second kappa shape index (κ2) is 7.61. The molecular weight excluding hydrogens is 306 g/mol. The van der Waals surface area contributed by atoms with E-state index < -0.39 is 0 Å². The molecule has 2 aromatic rings. The van der Waals surface area contributed by atoms with Crippen molar-refractivity contribution in [2.24, 2.45) is 0 Å². The molecule has 1 aliphatic rings. The van der Waals surface area contributed by atoms with Crippen molar-refractivity contribution in [2.75, 3.05) is 6.54 Å². The van der Waals surface area contributed by atoms with Crippen LogP contribution in [0.2, 0.25) is 0 Å². The average molecular weight is 338 g/mol. The molecule has 134 valence electrons. The van der Waals surface area contributed by atoms with Gasteiger partial charge in [0, 0.05) is 18.5 Å². The van der Waals surface area contributed by atoms with E-state index in [4.69, 9.17) is 4.74 Å². The lowest BCUT2D eigenvalue weighted by Crippen LogP contribution is -2.40. The van der Waals surface area contributed by atoms with Gasteiger partial charge in [0.1, 0.15) is 11.4 Å². The molecule has 1 N–H and O–H groups in total. The van der Waals surface area contributed by atoms with Gasteiger partial charge in [-0.2, -0.15) is 0 Å². The highest BCUT2D eigenvalue weighted by Crippen LogP contribution is 2.40. The van der Waals surface area contributed by atoms with Gasteiger partial charge in [0.05, 0.1) is 0 Å². The number of benzene rings is 2. The van der Waals surface area contributed by atoms with Crippen LogP contribution in [0.1, 0.15) is 56.2 Å². The molecule has 1 aliphatic heterocycles. The summed E-state index contributed by atoms with van der Waals surface area (Å²) in [6.07, 6.45) is 3.28. The van der Waals surface area contributed by atoms with Crippen LogP contribution in [0.3, 0.4) is 0 Å². The minimum atomic E-state index is -0.101. The third-order valence-electron chi connectivity index (χ3n) is 5.20. The minimum Gasteiger partial charge on any atom is -0.488 e. The van der Waals surface area contributed by atoms with E-state index in [0.717, 1.165) is 31.6 Å². The molecule has 2 atom stereocenters. The molecule has 0 spiro atoms. The number of rotatable bonds is 6. The van der Waals surface area contributed by atoms with Crippen molar-refractivity contribution in [3.05, 3.63) is 65.2 Å². The van der Waals surface area contributed by atoms with E-state index in [2.05, 4.69) is 81.5 Å². The van der Waals surface area contributed by atoms with E-state index in [1.54, 1.807) is 0 Å². The van der Waals surface area contributed by atoms with Crippen molar-refractivity contribution in [2.45, 2.75) is 64.5 Å². The lowest BCUT2D eigenvalue weighted by atomic mass is 9.83. The van der Waals surface area contributed by atoms with Gasteiger partial charge < -0.3 is 10.1 Å². The van der Waals surface area contributed by atoms with Gasteiger partial charge in [-0.15, -0.1) is 0 Å². The summed E-state index contributed by atoms with van der Waals surface area (Å²) in [5.41, 5.74) is 3.98.